The van der Waals surface area contributed by atoms with Gasteiger partial charge in [-0.1, -0.05) is 0 Å². The van der Waals surface area contributed by atoms with E-state index in [0.717, 1.165) is 24.9 Å². The molecule has 9 nitrogen and oxygen atoms in total. The van der Waals surface area contributed by atoms with E-state index in [9.17, 15) is 22.4 Å². The van der Waals surface area contributed by atoms with Crippen LogP contribution in [0.3, 0.4) is 0 Å². The number of thiazole rings is 1. The average molecular weight is 611 g/mol. The Hall–Kier alpha value is -3.39. The lowest BCUT2D eigenvalue weighted by molar-refractivity contribution is -0.181. The van der Waals surface area contributed by atoms with Crippen molar-refractivity contribution in [2.24, 2.45) is 0 Å². The van der Waals surface area contributed by atoms with Gasteiger partial charge in [-0.05, 0) is 73.1 Å². The monoisotopic (exact) mass is 610 g/mol. The summed E-state index contributed by atoms with van der Waals surface area (Å²) >= 11 is 1.30. The Balaban J connectivity index is 1.58. The van der Waals surface area contributed by atoms with Gasteiger partial charge in [0, 0.05) is 6.20 Å². The minimum atomic E-state index is -4.47. The fourth-order valence-corrected chi connectivity index (χ4v) is 5.51. The number of anilines is 2. The summed E-state index contributed by atoms with van der Waals surface area (Å²) in [6.07, 6.45) is -3.37. The second kappa shape index (κ2) is 11.4. The fraction of sp³-hybridized carbons (Fsp3) is 0.536. The van der Waals surface area contributed by atoms with E-state index in [2.05, 4.69) is 25.3 Å². The molecule has 0 saturated carbocycles. The molecular weight excluding hydrogens is 576 g/mol. The summed E-state index contributed by atoms with van der Waals surface area (Å²) in [6, 6.07) is 2.01. The molecule has 4 rings (SSSR count). The van der Waals surface area contributed by atoms with Gasteiger partial charge in [0.1, 0.15) is 23.1 Å². The van der Waals surface area contributed by atoms with Crippen LogP contribution in [0, 0.1) is 12.7 Å². The number of nitrogens with one attached hydrogen (secondary N) is 1. The minimum absolute atomic E-state index is 0.0106. The first-order chi connectivity index (χ1) is 19.4. The Kier molecular flexibility index (Phi) is 8.53. The maximum absolute atomic E-state index is 14.9. The summed E-state index contributed by atoms with van der Waals surface area (Å²) in [5.41, 5.74) is -1.53. The summed E-state index contributed by atoms with van der Waals surface area (Å²) < 4.78 is 67.0. The summed E-state index contributed by atoms with van der Waals surface area (Å²) in [5, 5.41) is 3.69. The van der Waals surface area contributed by atoms with Crippen LogP contribution in [0.2, 0.25) is 0 Å². The van der Waals surface area contributed by atoms with Crippen LogP contribution in [0.5, 0.6) is 0 Å². The first-order valence-corrected chi connectivity index (χ1v) is 14.1. The zero-order valence-electron chi connectivity index (χ0n) is 24.6. The molecule has 0 bridgehead atoms. The van der Waals surface area contributed by atoms with Crippen LogP contribution in [-0.2, 0) is 14.9 Å². The van der Waals surface area contributed by atoms with E-state index < -0.39 is 47.3 Å². The summed E-state index contributed by atoms with van der Waals surface area (Å²) in [5.74, 6) is -0.999. The number of cyclic esters (lactones) is 1. The van der Waals surface area contributed by atoms with Crippen molar-refractivity contribution in [3.05, 3.63) is 46.7 Å². The molecule has 3 aromatic rings. The highest BCUT2D eigenvalue weighted by Crippen LogP contribution is 2.41. The molecule has 1 aliphatic heterocycles. The molecule has 1 unspecified atom stereocenters. The van der Waals surface area contributed by atoms with Crippen molar-refractivity contribution in [3.8, 4) is 10.4 Å². The molecule has 0 spiro atoms. The Morgan fingerprint density at radius 2 is 1.83 bits per heavy atom. The quantitative estimate of drug-likeness (QED) is 0.273. The van der Waals surface area contributed by atoms with E-state index in [1.54, 1.807) is 26.8 Å². The normalized spacial score (nSPS) is 17.8. The number of pyridine rings is 1. The van der Waals surface area contributed by atoms with Crippen molar-refractivity contribution in [2.45, 2.75) is 90.8 Å². The van der Waals surface area contributed by atoms with Gasteiger partial charge in [-0.3, -0.25) is 4.98 Å². The summed E-state index contributed by atoms with van der Waals surface area (Å²) in [4.78, 5) is 31.3. The number of carbonyl (C=O) groups is 1. The highest BCUT2D eigenvalue weighted by molar-refractivity contribution is 7.15. The zero-order valence-corrected chi connectivity index (χ0v) is 25.4. The topological polar surface area (TPSA) is 102 Å². The first-order valence-electron chi connectivity index (χ1n) is 13.3. The van der Waals surface area contributed by atoms with Gasteiger partial charge < -0.3 is 14.8 Å². The number of alkyl halides is 3. The molecule has 0 aromatic carbocycles. The molecule has 4 heterocycles. The maximum Gasteiger partial charge on any atom is 0.416 e. The van der Waals surface area contributed by atoms with E-state index in [1.807, 2.05) is 20.8 Å². The van der Waals surface area contributed by atoms with Gasteiger partial charge in [0.05, 0.1) is 40.2 Å². The van der Waals surface area contributed by atoms with E-state index in [1.165, 1.54) is 23.6 Å². The van der Waals surface area contributed by atoms with Crippen LogP contribution in [0.4, 0.5) is 34.1 Å². The predicted molar refractivity (Wildman–Crippen MR) is 151 cm³/mol. The first kappa shape index (κ1) is 31.5. The molecule has 0 aliphatic carbocycles. The van der Waals surface area contributed by atoms with Crippen LogP contribution < -0.4 is 10.2 Å². The van der Waals surface area contributed by atoms with Gasteiger partial charge in [0.2, 0.25) is 5.95 Å². The Bertz CT molecular complexity index is 1460. The van der Waals surface area contributed by atoms with Crippen molar-refractivity contribution < 1.29 is 31.8 Å². The number of carbonyl (C=O) groups excluding carboxylic acids is 1. The second-order valence-electron chi connectivity index (χ2n) is 11.7. The summed E-state index contributed by atoms with van der Waals surface area (Å²) in [6.45, 7) is 13.2. The summed E-state index contributed by atoms with van der Waals surface area (Å²) in [7, 11) is 0. The highest BCUT2D eigenvalue weighted by Gasteiger charge is 2.49. The van der Waals surface area contributed by atoms with E-state index in [0.29, 0.717) is 21.1 Å². The lowest BCUT2D eigenvalue weighted by atomic mass is 9.87. The molecular formula is C28H34F4N6O3S. The highest BCUT2D eigenvalue weighted by atomic mass is 32.1. The Morgan fingerprint density at radius 3 is 2.48 bits per heavy atom. The molecule has 1 N–H and O–H groups in total. The van der Waals surface area contributed by atoms with E-state index in [4.69, 9.17) is 9.47 Å². The minimum Gasteiger partial charge on any atom is -0.447 e. The average Bonchev–Trinajstić information content (AvgIpc) is 3.46. The van der Waals surface area contributed by atoms with Crippen LogP contribution >= 0.6 is 11.3 Å². The van der Waals surface area contributed by atoms with Gasteiger partial charge in [-0.2, -0.15) is 18.2 Å². The third-order valence-corrected chi connectivity index (χ3v) is 8.23. The Morgan fingerprint density at radius 1 is 1.14 bits per heavy atom. The number of aryl methyl sites for hydroxylation is 1. The smallest absolute Gasteiger partial charge is 0.416 e. The van der Waals surface area contributed by atoms with Gasteiger partial charge in [0.15, 0.2) is 11.6 Å². The predicted octanol–water partition coefficient (Wildman–Crippen LogP) is 6.98. The molecule has 1 aliphatic rings. The molecule has 1 fully saturated rings. The van der Waals surface area contributed by atoms with Crippen molar-refractivity contribution in [3.63, 3.8) is 0 Å². The number of amides is 1. The molecule has 14 heteroatoms. The molecule has 228 valence electrons. The van der Waals surface area contributed by atoms with Crippen LogP contribution in [0.25, 0.3) is 10.4 Å². The standard InChI is InChI=1S/C28H34F4N6O3S/c1-14-21(17-9-10-33-20(11-17)27(7,8)28(30,31)32)42-23(35-14)15(2)36-24-34-12-18(29)22(37-24)38-19(13-40-25(38)39)16(3)41-26(4,5)6/h9-12,15-16,19H,13H2,1-8H3,(H,34,36,37)/t15?,16-,19-/m1/s1. The van der Waals surface area contributed by atoms with Crippen LogP contribution in [0.1, 0.15) is 70.9 Å². The van der Waals surface area contributed by atoms with Gasteiger partial charge in [-0.25, -0.2) is 24.1 Å². The van der Waals surface area contributed by atoms with E-state index in [-0.39, 0.29) is 24.1 Å². The van der Waals surface area contributed by atoms with Crippen molar-refractivity contribution in [1.82, 2.24) is 19.9 Å². The van der Waals surface area contributed by atoms with Crippen molar-refractivity contribution in [2.75, 3.05) is 16.8 Å². The lowest BCUT2D eigenvalue weighted by Gasteiger charge is -2.31. The zero-order chi connectivity index (χ0) is 31.2. The molecule has 3 aromatic heterocycles. The van der Waals surface area contributed by atoms with Gasteiger partial charge >= 0.3 is 12.3 Å². The van der Waals surface area contributed by atoms with Gasteiger partial charge in [0.25, 0.3) is 0 Å². The molecule has 1 saturated heterocycles. The SMILES string of the molecule is Cc1nc(C(C)Nc2ncc(F)c(N3C(=O)OC[C@@H]3[C@@H](C)OC(C)(C)C)n2)sc1-c1ccnc(C(C)(C)C(F)(F)F)c1. The fourth-order valence-electron chi connectivity index (χ4n) is 4.44. The van der Waals surface area contributed by atoms with E-state index >= 15 is 0 Å². The van der Waals surface area contributed by atoms with Gasteiger partial charge in [-0.15, -0.1) is 11.3 Å². The number of nitrogens with zero attached hydrogens (tertiary/aromatic N) is 5. The van der Waals surface area contributed by atoms with Crippen LogP contribution in [0.15, 0.2) is 24.5 Å². The maximum atomic E-state index is 14.9. The number of hydrogen-bond acceptors (Lipinski definition) is 9. The second-order valence-corrected chi connectivity index (χ2v) is 12.7. The number of aromatic nitrogens is 4. The molecule has 3 atom stereocenters. The largest absolute Gasteiger partial charge is 0.447 e. The van der Waals surface area contributed by atoms with Crippen LogP contribution in [-0.4, -0.2) is 56.6 Å². The van der Waals surface area contributed by atoms with Crippen molar-refractivity contribution in [1.29, 1.82) is 0 Å². The lowest BCUT2D eigenvalue weighted by Crippen LogP contribution is -2.45. The Labute approximate surface area is 245 Å². The molecule has 0 radical (unpaired) electrons. The third kappa shape index (κ3) is 6.48. The number of rotatable bonds is 8. The van der Waals surface area contributed by atoms with Crippen molar-refractivity contribution >= 4 is 29.2 Å². The third-order valence-electron chi connectivity index (χ3n) is 6.84. The molecule has 1 amide bonds. The number of ether oxygens (including phenoxy) is 2. The number of hydrogen-bond donors (Lipinski definition) is 1. The number of halogens is 4. The molecule has 42 heavy (non-hydrogen) atoms.